The number of hydrogen-bond acceptors (Lipinski definition) is 3. The van der Waals surface area contributed by atoms with Gasteiger partial charge in [0.05, 0.1) is 0 Å². The maximum Gasteiger partial charge on any atom is 0.330 e. The Hall–Kier alpha value is -1.36. The summed E-state index contributed by atoms with van der Waals surface area (Å²) in [6.07, 6.45) is 8.78. The third kappa shape index (κ3) is 5.42. The molecule has 0 atom stereocenters. The summed E-state index contributed by atoms with van der Waals surface area (Å²) >= 11 is 0. The van der Waals surface area contributed by atoms with Crippen LogP contribution in [0.15, 0.2) is 21.9 Å². The second kappa shape index (κ2) is 8.69. The SMILES string of the molecule is Cn1ccc(=O)n(CCCCCCCCCO)c1=O. The molecule has 0 aliphatic rings. The average molecular weight is 268 g/mol. The molecule has 1 aromatic rings. The smallest absolute Gasteiger partial charge is 0.330 e. The molecule has 5 nitrogen and oxygen atoms in total. The highest BCUT2D eigenvalue weighted by atomic mass is 16.3. The fourth-order valence-electron chi connectivity index (χ4n) is 2.09. The molecular weight excluding hydrogens is 244 g/mol. The van der Waals surface area contributed by atoms with Crippen molar-refractivity contribution >= 4 is 0 Å². The molecule has 0 radical (unpaired) electrons. The van der Waals surface area contributed by atoms with Crippen molar-refractivity contribution in [1.29, 1.82) is 0 Å². The number of unbranched alkanes of at least 4 members (excludes halogenated alkanes) is 6. The van der Waals surface area contributed by atoms with Crippen LogP contribution in [-0.4, -0.2) is 20.8 Å². The topological polar surface area (TPSA) is 64.2 Å². The molecule has 1 heterocycles. The molecule has 0 aliphatic carbocycles. The van der Waals surface area contributed by atoms with Gasteiger partial charge in [0.25, 0.3) is 5.56 Å². The Morgan fingerprint density at radius 1 is 1.00 bits per heavy atom. The Morgan fingerprint density at radius 2 is 1.58 bits per heavy atom. The monoisotopic (exact) mass is 268 g/mol. The van der Waals surface area contributed by atoms with Crippen molar-refractivity contribution in [1.82, 2.24) is 9.13 Å². The van der Waals surface area contributed by atoms with Gasteiger partial charge >= 0.3 is 5.69 Å². The summed E-state index contributed by atoms with van der Waals surface area (Å²) in [6.45, 7) is 0.781. The van der Waals surface area contributed by atoms with Gasteiger partial charge in [-0.1, -0.05) is 32.1 Å². The first-order valence-corrected chi connectivity index (χ1v) is 7.04. The Labute approximate surface area is 113 Å². The second-order valence-corrected chi connectivity index (χ2v) is 4.90. The van der Waals surface area contributed by atoms with Crippen molar-refractivity contribution in [3.8, 4) is 0 Å². The molecule has 0 saturated heterocycles. The number of rotatable bonds is 9. The van der Waals surface area contributed by atoms with Crippen LogP contribution < -0.4 is 11.2 Å². The van der Waals surface area contributed by atoms with Crippen LogP contribution in [0, 0.1) is 0 Å². The van der Waals surface area contributed by atoms with Gasteiger partial charge in [-0.25, -0.2) is 4.79 Å². The van der Waals surface area contributed by atoms with Gasteiger partial charge in [-0.2, -0.15) is 0 Å². The summed E-state index contributed by atoms with van der Waals surface area (Å²) in [4.78, 5) is 23.3. The van der Waals surface area contributed by atoms with E-state index >= 15 is 0 Å². The fourth-order valence-corrected chi connectivity index (χ4v) is 2.09. The highest BCUT2D eigenvalue weighted by Gasteiger charge is 2.02. The molecule has 0 saturated carbocycles. The van der Waals surface area contributed by atoms with E-state index in [0.29, 0.717) is 6.54 Å². The number of aromatic nitrogens is 2. The van der Waals surface area contributed by atoms with Crippen LogP contribution in [0.2, 0.25) is 0 Å². The standard InChI is InChI=1S/C14H24N2O3/c1-15-11-9-13(18)16(14(15)19)10-7-5-3-2-4-6-8-12-17/h9,11,17H,2-8,10,12H2,1H3. The zero-order valence-electron chi connectivity index (χ0n) is 11.7. The third-order valence-corrected chi connectivity index (χ3v) is 3.28. The maximum atomic E-state index is 11.7. The lowest BCUT2D eigenvalue weighted by molar-refractivity contribution is 0.282. The van der Waals surface area contributed by atoms with Crippen LogP contribution in [0.1, 0.15) is 44.9 Å². The zero-order chi connectivity index (χ0) is 14.1. The summed E-state index contributed by atoms with van der Waals surface area (Å²) in [5.41, 5.74) is -0.457. The van der Waals surface area contributed by atoms with Crippen molar-refractivity contribution in [2.24, 2.45) is 7.05 Å². The largest absolute Gasteiger partial charge is 0.396 e. The summed E-state index contributed by atoms with van der Waals surface area (Å²) in [5.74, 6) is 0. The predicted molar refractivity (Wildman–Crippen MR) is 75.3 cm³/mol. The normalized spacial score (nSPS) is 10.8. The predicted octanol–water partition coefficient (Wildman–Crippen LogP) is 1.27. The summed E-state index contributed by atoms with van der Waals surface area (Å²) in [5, 5.41) is 8.64. The van der Waals surface area contributed by atoms with E-state index in [9.17, 15) is 9.59 Å². The molecule has 19 heavy (non-hydrogen) atoms. The number of nitrogens with zero attached hydrogens (tertiary/aromatic N) is 2. The molecule has 0 unspecified atom stereocenters. The lowest BCUT2D eigenvalue weighted by Gasteiger charge is -2.06. The maximum absolute atomic E-state index is 11.7. The quantitative estimate of drug-likeness (QED) is 0.686. The molecule has 0 bridgehead atoms. The van der Waals surface area contributed by atoms with Crippen molar-refractivity contribution in [3.63, 3.8) is 0 Å². The average Bonchev–Trinajstić information content (AvgIpc) is 2.40. The van der Waals surface area contributed by atoms with Crippen molar-refractivity contribution in [3.05, 3.63) is 33.1 Å². The molecule has 0 fully saturated rings. The van der Waals surface area contributed by atoms with Gasteiger partial charge in [0.1, 0.15) is 0 Å². The molecule has 0 aromatic carbocycles. The van der Waals surface area contributed by atoms with Crippen molar-refractivity contribution in [2.75, 3.05) is 6.61 Å². The summed E-state index contributed by atoms with van der Waals surface area (Å²) < 4.78 is 2.72. The number of aliphatic hydroxyl groups excluding tert-OH is 1. The Balaban J connectivity index is 2.25. The Kier molecular flexibility index (Phi) is 7.18. The van der Waals surface area contributed by atoms with E-state index in [-0.39, 0.29) is 17.9 Å². The molecule has 0 aliphatic heterocycles. The first kappa shape index (κ1) is 15.7. The first-order valence-electron chi connectivity index (χ1n) is 7.04. The van der Waals surface area contributed by atoms with Gasteiger partial charge in [-0.15, -0.1) is 0 Å². The van der Waals surface area contributed by atoms with Gasteiger partial charge in [0, 0.05) is 32.5 Å². The van der Waals surface area contributed by atoms with E-state index in [4.69, 9.17) is 5.11 Å². The molecule has 5 heteroatoms. The minimum atomic E-state index is -0.240. The molecule has 0 amide bonds. The Bertz CT molecular complexity index is 476. The molecule has 108 valence electrons. The van der Waals surface area contributed by atoms with Crippen LogP contribution in [-0.2, 0) is 13.6 Å². The Morgan fingerprint density at radius 3 is 2.21 bits per heavy atom. The van der Waals surface area contributed by atoms with E-state index in [1.807, 2.05) is 0 Å². The third-order valence-electron chi connectivity index (χ3n) is 3.28. The van der Waals surface area contributed by atoms with E-state index in [1.54, 1.807) is 7.05 Å². The second-order valence-electron chi connectivity index (χ2n) is 4.90. The van der Waals surface area contributed by atoms with Crippen LogP contribution >= 0.6 is 0 Å². The first-order chi connectivity index (χ1) is 9.16. The van der Waals surface area contributed by atoms with Crippen LogP contribution in [0.5, 0.6) is 0 Å². The molecule has 1 N–H and O–H groups in total. The lowest BCUT2D eigenvalue weighted by atomic mass is 10.1. The summed E-state index contributed by atoms with van der Waals surface area (Å²) in [7, 11) is 1.65. The van der Waals surface area contributed by atoms with E-state index < -0.39 is 0 Å². The van der Waals surface area contributed by atoms with Gasteiger partial charge in [0.15, 0.2) is 0 Å². The van der Waals surface area contributed by atoms with Gasteiger partial charge in [0.2, 0.25) is 0 Å². The van der Waals surface area contributed by atoms with Crippen LogP contribution in [0.3, 0.4) is 0 Å². The molecule has 1 rings (SSSR count). The highest BCUT2D eigenvalue weighted by molar-refractivity contribution is 4.85. The summed E-state index contributed by atoms with van der Waals surface area (Å²) in [6, 6.07) is 1.43. The number of hydrogen-bond donors (Lipinski definition) is 1. The molecule has 0 spiro atoms. The van der Waals surface area contributed by atoms with Crippen molar-refractivity contribution in [2.45, 2.75) is 51.5 Å². The van der Waals surface area contributed by atoms with Gasteiger partial charge < -0.3 is 9.67 Å². The molecule has 1 aromatic heterocycles. The van der Waals surface area contributed by atoms with Crippen LogP contribution in [0.25, 0.3) is 0 Å². The highest BCUT2D eigenvalue weighted by Crippen LogP contribution is 2.07. The molecular formula is C14H24N2O3. The number of aliphatic hydroxyl groups is 1. The van der Waals surface area contributed by atoms with E-state index in [2.05, 4.69) is 0 Å². The minimum Gasteiger partial charge on any atom is -0.396 e. The minimum absolute atomic E-state index is 0.217. The van der Waals surface area contributed by atoms with E-state index in [1.165, 1.54) is 21.4 Å². The van der Waals surface area contributed by atoms with Gasteiger partial charge in [-0.3, -0.25) is 9.36 Å². The lowest BCUT2D eigenvalue weighted by Crippen LogP contribution is -2.37. The van der Waals surface area contributed by atoms with E-state index in [0.717, 1.165) is 44.9 Å². The zero-order valence-corrected chi connectivity index (χ0v) is 11.7. The number of aryl methyl sites for hydroxylation is 1. The fraction of sp³-hybridized carbons (Fsp3) is 0.714. The van der Waals surface area contributed by atoms with Crippen molar-refractivity contribution < 1.29 is 5.11 Å². The van der Waals surface area contributed by atoms with Gasteiger partial charge in [-0.05, 0) is 12.8 Å². The van der Waals surface area contributed by atoms with Crippen LogP contribution in [0.4, 0.5) is 0 Å².